The van der Waals surface area contributed by atoms with E-state index in [2.05, 4.69) is 17.5 Å². The molecular weight excluding hydrogens is 174 g/mol. The molecule has 14 heavy (non-hydrogen) atoms. The standard InChI is InChI=1S/C12H23NO/c1-14-10-6-5-9-13-11-12-7-3-2-4-8-12/h2-3,12-13H,4-11H2,1H3. The molecule has 0 bridgehead atoms. The number of allylic oxidation sites excluding steroid dienone is 2. The second kappa shape index (κ2) is 8.01. The highest BCUT2D eigenvalue weighted by Gasteiger charge is 2.08. The van der Waals surface area contributed by atoms with E-state index in [0.717, 1.165) is 19.1 Å². The third-order valence-corrected chi connectivity index (χ3v) is 2.76. The van der Waals surface area contributed by atoms with E-state index in [0.29, 0.717) is 0 Å². The van der Waals surface area contributed by atoms with Crippen LogP contribution in [-0.4, -0.2) is 26.8 Å². The van der Waals surface area contributed by atoms with Crippen LogP contribution in [0.15, 0.2) is 12.2 Å². The summed E-state index contributed by atoms with van der Waals surface area (Å²) in [4.78, 5) is 0. The van der Waals surface area contributed by atoms with E-state index in [1.807, 2.05) is 0 Å². The van der Waals surface area contributed by atoms with Crippen LogP contribution in [0.3, 0.4) is 0 Å². The van der Waals surface area contributed by atoms with E-state index in [1.165, 1.54) is 38.6 Å². The molecule has 0 aromatic heterocycles. The lowest BCUT2D eigenvalue weighted by molar-refractivity contribution is 0.192. The summed E-state index contributed by atoms with van der Waals surface area (Å²) in [5.41, 5.74) is 0. The lowest BCUT2D eigenvalue weighted by atomic mass is 9.94. The van der Waals surface area contributed by atoms with Gasteiger partial charge in [0.05, 0.1) is 0 Å². The van der Waals surface area contributed by atoms with Crippen molar-refractivity contribution in [2.45, 2.75) is 32.1 Å². The Morgan fingerprint density at radius 2 is 2.29 bits per heavy atom. The number of hydrogen-bond donors (Lipinski definition) is 1. The minimum absolute atomic E-state index is 0.877. The van der Waals surface area contributed by atoms with Crippen molar-refractivity contribution in [1.29, 1.82) is 0 Å². The van der Waals surface area contributed by atoms with Crippen molar-refractivity contribution in [3.8, 4) is 0 Å². The first kappa shape index (κ1) is 11.7. The van der Waals surface area contributed by atoms with Crippen molar-refractivity contribution >= 4 is 0 Å². The normalized spacial score (nSPS) is 21.4. The third kappa shape index (κ3) is 5.40. The number of methoxy groups -OCH3 is 1. The number of ether oxygens (including phenoxy) is 1. The minimum Gasteiger partial charge on any atom is -0.385 e. The molecular formula is C12H23NO. The molecule has 1 atom stereocenters. The molecule has 2 nitrogen and oxygen atoms in total. The molecule has 2 heteroatoms. The Bertz CT molecular complexity index is 156. The largest absolute Gasteiger partial charge is 0.385 e. The molecule has 0 aliphatic heterocycles. The summed E-state index contributed by atoms with van der Waals surface area (Å²) in [6, 6.07) is 0. The topological polar surface area (TPSA) is 21.3 Å². The van der Waals surface area contributed by atoms with Crippen LogP contribution in [-0.2, 0) is 4.74 Å². The number of rotatable bonds is 7. The molecule has 0 amide bonds. The Hall–Kier alpha value is -0.340. The zero-order valence-corrected chi connectivity index (χ0v) is 9.30. The van der Waals surface area contributed by atoms with Crippen molar-refractivity contribution < 1.29 is 4.74 Å². The molecule has 0 aromatic carbocycles. The third-order valence-electron chi connectivity index (χ3n) is 2.76. The molecule has 0 fully saturated rings. The quantitative estimate of drug-likeness (QED) is 0.500. The van der Waals surface area contributed by atoms with E-state index in [9.17, 15) is 0 Å². The number of hydrogen-bond acceptors (Lipinski definition) is 2. The second-order valence-corrected chi connectivity index (χ2v) is 4.05. The molecule has 0 saturated heterocycles. The van der Waals surface area contributed by atoms with Gasteiger partial charge in [0.15, 0.2) is 0 Å². The zero-order chi connectivity index (χ0) is 10.1. The highest BCUT2D eigenvalue weighted by atomic mass is 16.5. The summed E-state index contributed by atoms with van der Waals surface area (Å²) < 4.78 is 5.00. The Kier molecular flexibility index (Phi) is 6.71. The zero-order valence-electron chi connectivity index (χ0n) is 9.30. The van der Waals surface area contributed by atoms with Crippen LogP contribution in [0.1, 0.15) is 32.1 Å². The number of unbranched alkanes of at least 4 members (excludes halogenated alkanes) is 1. The Morgan fingerprint density at radius 3 is 3.00 bits per heavy atom. The van der Waals surface area contributed by atoms with Crippen molar-refractivity contribution in [2.75, 3.05) is 26.8 Å². The van der Waals surface area contributed by atoms with E-state index in [4.69, 9.17) is 4.74 Å². The van der Waals surface area contributed by atoms with Gasteiger partial charge in [0, 0.05) is 13.7 Å². The van der Waals surface area contributed by atoms with Crippen LogP contribution >= 0.6 is 0 Å². The average Bonchev–Trinajstić information content (AvgIpc) is 2.25. The average molecular weight is 197 g/mol. The number of nitrogens with one attached hydrogen (secondary N) is 1. The molecule has 1 N–H and O–H groups in total. The van der Waals surface area contributed by atoms with Gasteiger partial charge < -0.3 is 10.1 Å². The van der Waals surface area contributed by atoms with Crippen molar-refractivity contribution in [2.24, 2.45) is 5.92 Å². The first-order chi connectivity index (χ1) is 6.93. The Labute approximate surface area is 87.7 Å². The van der Waals surface area contributed by atoms with Gasteiger partial charge in [-0.1, -0.05) is 12.2 Å². The van der Waals surface area contributed by atoms with Gasteiger partial charge in [-0.05, 0) is 51.1 Å². The fraction of sp³-hybridized carbons (Fsp3) is 0.833. The van der Waals surface area contributed by atoms with Gasteiger partial charge in [-0.2, -0.15) is 0 Å². The molecule has 1 rings (SSSR count). The van der Waals surface area contributed by atoms with Crippen molar-refractivity contribution in [3.63, 3.8) is 0 Å². The van der Waals surface area contributed by atoms with Gasteiger partial charge in [0.1, 0.15) is 0 Å². The van der Waals surface area contributed by atoms with E-state index in [1.54, 1.807) is 7.11 Å². The molecule has 0 radical (unpaired) electrons. The SMILES string of the molecule is COCCCCNCC1CC=CCC1. The van der Waals surface area contributed by atoms with Gasteiger partial charge >= 0.3 is 0 Å². The maximum absolute atomic E-state index is 5.00. The predicted octanol–water partition coefficient (Wildman–Crippen LogP) is 2.36. The van der Waals surface area contributed by atoms with Crippen LogP contribution in [0.25, 0.3) is 0 Å². The lowest BCUT2D eigenvalue weighted by Crippen LogP contribution is -2.24. The Morgan fingerprint density at radius 1 is 1.36 bits per heavy atom. The summed E-state index contributed by atoms with van der Waals surface area (Å²) in [6.07, 6.45) is 10.9. The van der Waals surface area contributed by atoms with E-state index < -0.39 is 0 Å². The fourth-order valence-corrected chi connectivity index (χ4v) is 1.84. The van der Waals surface area contributed by atoms with Crippen LogP contribution in [0.2, 0.25) is 0 Å². The van der Waals surface area contributed by atoms with E-state index in [-0.39, 0.29) is 0 Å². The summed E-state index contributed by atoms with van der Waals surface area (Å²) in [5, 5.41) is 3.52. The van der Waals surface area contributed by atoms with Crippen LogP contribution in [0.5, 0.6) is 0 Å². The van der Waals surface area contributed by atoms with Crippen LogP contribution in [0, 0.1) is 5.92 Å². The molecule has 1 aliphatic carbocycles. The molecule has 0 aromatic rings. The molecule has 0 spiro atoms. The van der Waals surface area contributed by atoms with Gasteiger partial charge in [-0.3, -0.25) is 0 Å². The van der Waals surface area contributed by atoms with Crippen LogP contribution in [0.4, 0.5) is 0 Å². The smallest absolute Gasteiger partial charge is 0.0462 e. The fourth-order valence-electron chi connectivity index (χ4n) is 1.84. The second-order valence-electron chi connectivity index (χ2n) is 4.05. The highest BCUT2D eigenvalue weighted by Crippen LogP contribution is 2.16. The van der Waals surface area contributed by atoms with Gasteiger partial charge in [-0.25, -0.2) is 0 Å². The highest BCUT2D eigenvalue weighted by molar-refractivity contribution is 4.90. The summed E-state index contributed by atoms with van der Waals surface area (Å²) >= 11 is 0. The first-order valence-electron chi connectivity index (χ1n) is 5.78. The molecule has 0 heterocycles. The van der Waals surface area contributed by atoms with Crippen molar-refractivity contribution in [1.82, 2.24) is 5.32 Å². The van der Waals surface area contributed by atoms with Crippen LogP contribution < -0.4 is 5.32 Å². The van der Waals surface area contributed by atoms with Gasteiger partial charge in [0.2, 0.25) is 0 Å². The maximum Gasteiger partial charge on any atom is 0.0462 e. The molecule has 1 unspecified atom stereocenters. The van der Waals surface area contributed by atoms with Gasteiger partial charge in [-0.15, -0.1) is 0 Å². The summed E-state index contributed by atoms with van der Waals surface area (Å²) in [5.74, 6) is 0.877. The summed E-state index contributed by atoms with van der Waals surface area (Å²) in [7, 11) is 1.77. The Balaban J connectivity index is 1.86. The van der Waals surface area contributed by atoms with Gasteiger partial charge in [0.25, 0.3) is 0 Å². The monoisotopic (exact) mass is 197 g/mol. The lowest BCUT2D eigenvalue weighted by Gasteiger charge is -2.17. The molecule has 82 valence electrons. The molecule has 1 aliphatic rings. The van der Waals surface area contributed by atoms with Crippen molar-refractivity contribution in [3.05, 3.63) is 12.2 Å². The minimum atomic E-state index is 0.877. The van der Waals surface area contributed by atoms with E-state index >= 15 is 0 Å². The summed E-state index contributed by atoms with van der Waals surface area (Å²) in [6.45, 7) is 3.23. The molecule has 0 saturated carbocycles. The first-order valence-corrected chi connectivity index (χ1v) is 5.78. The maximum atomic E-state index is 5.00. The predicted molar refractivity (Wildman–Crippen MR) is 60.5 cm³/mol.